The molecule has 0 bridgehead atoms. The molecule has 10 heteroatoms. The summed E-state index contributed by atoms with van der Waals surface area (Å²) in [6.07, 6.45) is 7.26. The highest BCUT2D eigenvalue weighted by Crippen LogP contribution is 2.54. The highest BCUT2D eigenvalue weighted by Gasteiger charge is 2.59. The van der Waals surface area contributed by atoms with Gasteiger partial charge in [-0.3, -0.25) is 24.2 Å². The van der Waals surface area contributed by atoms with Crippen LogP contribution in [-0.2, 0) is 22.1 Å². The number of nitrogens with zero attached hydrogens (tertiary/aromatic N) is 4. The zero-order chi connectivity index (χ0) is 21.3. The van der Waals surface area contributed by atoms with E-state index < -0.39 is 11.5 Å². The van der Waals surface area contributed by atoms with E-state index >= 15 is 0 Å². The van der Waals surface area contributed by atoms with Gasteiger partial charge in [0.05, 0.1) is 24.0 Å². The Morgan fingerprint density at radius 3 is 2.77 bits per heavy atom. The molecule has 3 aromatic rings. The third kappa shape index (κ3) is 2.84. The minimum atomic E-state index is -0.820. The zero-order valence-electron chi connectivity index (χ0n) is 16.1. The molecular formula is C20H20N6O4. The number of anilines is 1. The molecule has 1 fully saturated rings. The molecule has 2 aliphatic rings. The third-order valence-corrected chi connectivity index (χ3v) is 5.63. The van der Waals surface area contributed by atoms with Gasteiger partial charge >= 0.3 is 0 Å². The van der Waals surface area contributed by atoms with Crippen molar-refractivity contribution in [3.05, 3.63) is 65.7 Å². The lowest BCUT2D eigenvalue weighted by Crippen LogP contribution is -2.42. The van der Waals surface area contributed by atoms with Gasteiger partial charge in [-0.2, -0.15) is 10.2 Å². The molecule has 0 saturated carbocycles. The lowest BCUT2D eigenvalue weighted by atomic mass is 9.73. The minimum Gasteiger partial charge on any atom is -0.483 e. The van der Waals surface area contributed by atoms with Crippen molar-refractivity contribution < 1.29 is 19.5 Å². The molecule has 5 rings (SSSR count). The quantitative estimate of drug-likeness (QED) is 0.548. The Morgan fingerprint density at radius 1 is 1.33 bits per heavy atom. The number of hydrogen-bond donors (Lipinski definition) is 3. The number of rotatable bonds is 2. The summed E-state index contributed by atoms with van der Waals surface area (Å²) in [6.45, 7) is 0.228. The summed E-state index contributed by atoms with van der Waals surface area (Å²) in [5.41, 5.74) is 2.26. The fraction of sp³-hybridized carbons (Fsp3) is 0.250. The van der Waals surface area contributed by atoms with Crippen LogP contribution in [0.15, 0.2) is 49.1 Å². The van der Waals surface area contributed by atoms with Crippen molar-refractivity contribution in [2.24, 2.45) is 7.05 Å². The number of fused-ring (bicyclic) bond motifs is 2. The molecule has 1 saturated heterocycles. The number of aromatic nitrogens is 4. The monoisotopic (exact) mass is 408 g/mol. The number of nitrogens with one attached hydrogen (secondary N) is 2. The van der Waals surface area contributed by atoms with E-state index in [1.807, 2.05) is 37.5 Å². The molecule has 2 aliphatic heterocycles. The minimum absolute atomic E-state index is 0.0694. The molecule has 30 heavy (non-hydrogen) atoms. The molecule has 10 nitrogen and oxygen atoms in total. The fourth-order valence-electron chi connectivity index (χ4n) is 4.48. The van der Waals surface area contributed by atoms with Crippen LogP contribution in [0.1, 0.15) is 33.9 Å². The second-order valence-corrected chi connectivity index (χ2v) is 7.16. The number of carbonyl (C=O) groups excluding carboxylic acids is 2. The van der Waals surface area contributed by atoms with Gasteiger partial charge in [0.15, 0.2) is 0 Å². The van der Waals surface area contributed by atoms with Gasteiger partial charge in [-0.1, -0.05) is 18.2 Å². The van der Waals surface area contributed by atoms with Crippen LogP contribution >= 0.6 is 0 Å². The Hall–Kier alpha value is -3.95. The van der Waals surface area contributed by atoms with E-state index in [1.165, 1.54) is 6.20 Å². The van der Waals surface area contributed by atoms with E-state index in [0.29, 0.717) is 18.5 Å². The summed E-state index contributed by atoms with van der Waals surface area (Å²) in [5.74, 6) is -0.216. The van der Waals surface area contributed by atoms with Gasteiger partial charge in [0.1, 0.15) is 5.41 Å². The van der Waals surface area contributed by atoms with Crippen molar-refractivity contribution in [2.45, 2.75) is 17.9 Å². The number of carbonyl (C=O) groups is 3. The average Bonchev–Trinajstić information content (AvgIpc) is 3.51. The van der Waals surface area contributed by atoms with Crippen molar-refractivity contribution >= 4 is 24.0 Å². The van der Waals surface area contributed by atoms with Gasteiger partial charge in [-0.15, -0.1) is 0 Å². The summed E-state index contributed by atoms with van der Waals surface area (Å²) in [7, 11) is 1.83. The number of hydrogen-bond acceptors (Lipinski definition) is 5. The Balaban J connectivity index is 0.000000687. The van der Waals surface area contributed by atoms with Crippen LogP contribution in [0.3, 0.4) is 0 Å². The van der Waals surface area contributed by atoms with Gasteiger partial charge in [-0.25, -0.2) is 0 Å². The molecule has 3 N–H and O–H groups in total. The predicted octanol–water partition coefficient (Wildman–Crippen LogP) is 1.32. The zero-order valence-corrected chi connectivity index (χ0v) is 16.1. The smallest absolute Gasteiger partial charge is 0.290 e. The summed E-state index contributed by atoms with van der Waals surface area (Å²) in [4.78, 5) is 36.5. The Labute approximate surface area is 171 Å². The first-order valence-electron chi connectivity index (χ1n) is 9.30. The second-order valence-electron chi connectivity index (χ2n) is 7.16. The largest absolute Gasteiger partial charge is 0.483 e. The van der Waals surface area contributed by atoms with Crippen molar-refractivity contribution in [1.82, 2.24) is 24.9 Å². The molecule has 0 aliphatic carbocycles. The SMILES string of the molecule is Cn1cc(C2N(C(=O)c3cn[nH]c3)CCC23C(=O)Nc2ccccc23)cn1.O=CO. The standard InChI is InChI=1S/C19H18N6O2.CH2O2/c1-24-11-13(10-22-24)16-19(14-4-2-3-5-15(14)23-18(19)27)6-7-25(16)17(26)12-8-20-21-9-12;2-1-3/h2-5,8-11,16H,6-7H2,1H3,(H,20,21)(H,23,27);1H,(H,2,3). The maximum Gasteiger partial charge on any atom is 0.290 e. The van der Waals surface area contributed by atoms with Crippen LogP contribution in [0.5, 0.6) is 0 Å². The number of amides is 2. The fourth-order valence-corrected chi connectivity index (χ4v) is 4.48. The van der Waals surface area contributed by atoms with Crippen LogP contribution in [0.4, 0.5) is 5.69 Å². The highest BCUT2D eigenvalue weighted by molar-refractivity contribution is 6.08. The molecule has 2 amide bonds. The highest BCUT2D eigenvalue weighted by atomic mass is 16.3. The number of para-hydroxylation sites is 1. The maximum absolute atomic E-state index is 13.2. The van der Waals surface area contributed by atoms with E-state index in [-0.39, 0.29) is 18.3 Å². The summed E-state index contributed by atoms with van der Waals surface area (Å²) >= 11 is 0. The number of likely N-dealkylation sites (tertiary alicyclic amines) is 1. The van der Waals surface area contributed by atoms with Gasteiger partial charge in [0.25, 0.3) is 12.4 Å². The number of aryl methyl sites for hydroxylation is 1. The number of aromatic amines is 1. The summed E-state index contributed by atoms with van der Waals surface area (Å²) in [5, 5.41) is 20.8. The molecule has 2 aromatic heterocycles. The molecule has 1 aromatic carbocycles. The molecule has 2 unspecified atom stereocenters. The topological polar surface area (TPSA) is 133 Å². The lowest BCUT2D eigenvalue weighted by Gasteiger charge is -2.33. The Kier molecular flexibility index (Phi) is 4.82. The van der Waals surface area contributed by atoms with Crippen molar-refractivity contribution in [3.8, 4) is 0 Å². The molecular weight excluding hydrogens is 388 g/mol. The average molecular weight is 408 g/mol. The number of H-pyrrole nitrogens is 1. The first kappa shape index (κ1) is 19.4. The van der Waals surface area contributed by atoms with Gasteiger partial charge in [0.2, 0.25) is 5.91 Å². The Bertz CT molecular complexity index is 1090. The van der Waals surface area contributed by atoms with Crippen molar-refractivity contribution in [3.63, 3.8) is 0 Å². The first-order chi connectivity index (χ1) is 14.5. The van der Waals surface area contributed by atoms with Gasteiger partial charge in [0, 0.05) is 37.2 Å². The number of benzene rings is 1. The van der Waals surface area contributed by atoms with Crippen LogP contribution in [0.2, 0.25) is 0 Å². The van der Waals surface area contributed by atoms with Gasteiger partial charge < -0.3 is 15.3 Å². The molecule has 1 spiro atoms. The second kappa shape index (κ2) is 7.47. The molecule has 4 heterocycles. The first-order valence-corrected chi connectivity index (χ1v) is 9.30. The number of carboxylic acid groups (broad SMARTS) is 1. The summed E-state index contributed by atoms with van der Waals surface area (Å²) in [6, 6.07) is 7.28. The molecule has 154 valence electrons. The van der Waals surface area contributed by atoms with Crippen LogP contribution in [0.25, 0.3) is 0 Å². The molecule has 0 radical (unpaired) electrons. The normalized spacial score (nSPS) is 21.7. The molecule has 2 atom stereocenters. The van der Waals surface area contributed by atoms with Crippen LogP contribution in [-0.4, -0.2) is 54.8 Å². The predicted molar refractivity (Wildman–Crippen MR) is 106 cm³/mol. The van der Waals surface area contributed by atoms with Gasteiger partial charge in [-0.05, 0) is 18.1 Å². The van der Waals surface area contributed by atoms with E-state index in [0.717, 1.165) is 16.8 Å². The van der Waals surface area contributed by atoms with Crippen molar-refractivity contribution in [2.75, 3.05) is 11.9 Å². The van der Waals surface area contributed by atoms with Crippen LogP contribution in [0, 0.1) is 0 Å². The maximum atomic E-state index is 13.2. The van der Waals surface area contributed by atoms with Crippen LogP contribution < -0.4 is 5.32 Å². The van der Waals surface area contributed by atoms with Crippen molar-refractivity contribution in [1.29, 1.82) is 0 Å². The van der Waals surface area contributed by atoms with E-state index in [4.69, 9.17) is 9.90 Å². The summed E-state index contributed by atoms with van der Waals surface area (Å²) < 4.78 is 1.70. The van der Waals surface area contributed by atoms with E-state index in [9.17, 15) is 9.59 Å². The Morgan fingerprint density at radius 2 is 2.10 bits per heavy atom. The third-order valence-electron chi connectivity index (χ3n) is 5.63. The van der Waals surface area contributed by atoms with E-state index in [2.05, 4.69) is 20.6 Å². The van der Waals surface area contributed by atoms with E-state index in [1.54, 1.807) is 22.0 Å². The lowest BCUT2D eigenvalue weighted by molar-refractivity contribution is -0.123.